The van der Waals surface area contributed by atoms with E-state index in [1.165, 1.54) is 6.92 Å². The Balaban J connectivity index is 2.01. The monoisotopic (exact) mass is 345 g/mol. The molecule has 0 saturated carbocycles. The fourth-order valence-corrected chi connectivity index (χ4v) is 2.25. The van der Waals surface area contributed by atoms with Crippen molar-refractivity contribution in [2.45, 2.75) is 33.8 Å². The van der Waals surface area contributed by atoms with Crippen LogP contribution in [0.2, 0.25) is 5.02 Å². The van der Waals surface area contributed by atoms with Gasteiger partial charge in [-0.2, -0.15) is 0 Å². The van der Waals surface area contributed by atoms with E-state index >= 15 is 0 Å². The Labute approximate surface area is 146 Å². The van der Waals surface area contributed by atoms with Crippen molar-refractivity contribution < 1.29 is 14.3 Å². The molecule has 24 heavy (non-hydrogen) atoms. The summed E-state index contributed by atoms with van der Waals surface area (Å²) in [6.07, 6.45) is -0.917. The molecule has 0 aliphatic carbocycles. The molecule has 1 N–H and O–H groups in total. The van der Waals surface area contributed by atoms with Gasteiger partial charge in [-0.05, 0) is 68.7 Å². The molecule has 0 aliphatic rings. The molecule has 0 radical (unpaired) electrons. The van der Waals surface area contributed by atoms with Gasteiger partial charge in [0.2, 0.25) is 0 Å². The number of esters is 1. The third kappa shape index (κ3) is 4.36. The minimum atomic E-state index is -0.917. The first kappa shape index (κ1) is 18.0. The lowest BCUT2D eigenvalue weighted by Gasteiger charge is -2.14. The van der Waals surface area contributed by atoms with Crippen molar-refractivity contribution in [3.05, 3.63) is 63.7 Å². The smallest absolute Gasteiger partial charge is 0.338 e. The van der Waals surface area contributed by atoms with Crippen molar-refractivity contribution >= 4 is 29.2 Å². The summed E-state index contributed by atoms with van der Waals surface area (Å²) in [5, 5.41) is 3.25. The maximum absolute atomic E-state index is 12.2. The van der Waals surface area contributed by atoms with E-state index in [0.29, 0.717) is 16.3 Å². The highest BCUT2D eigenvalue weighted by Gasteiger charge is 2.19. The number of hydrogen-bond donors (Lipinski definition) is 1. The molecule has 0 fully saturated rings. The third-order valence-corrected chi connectivity index (χ3v) is 4.24. The van der Waals surface area contributed by atoms with Gasteiger partial charge in [0.15, 0.2) is 6.10 Å². The van der Waals surface area contributed by atoms with Gasteiger partial charge in [0.1, 0.15) is 0 Å². The zero-order chi connectivity index (χ0) is 17.9. The second kappa shape index (κ2) is 7.49. The van der Waals surface area contributed by atoms with Crippen LogP contribution in [-0.4, -0.2) is 18.0 Å². The predicted octanol–water partition coefficient (Wildman–Crippen LogP) is 4.45. The summed E-state index contributed by atoms with van der Waals surface area (Å²) in [6.45, 7) is 7.29. The van der Waals surface area contributed by atoms with Gasteiger partial charge >= 0.3 is 5.97 Å². The van der Waals surface area contributed by atoms with Crippen LogP contribution >= 0.6 is 11.6 Å². The quantitative estimate of drug-likeness (QED) is 0.833. The second-order valence-corrected chi connectivity index (χ2v) is 6.21. The van der Waals surface area contributed by atoms with E-state index < -0.39 is 18.0 Å². The van der Waals surface area contributed by atoms with Crippen LogP contribution in [0.1, 0.15) is 34.0 Å². The summed E-state index contributed by atoms with van der Waals surface area (Å²) in [5.74, 6) is -0.935. The Bertz CT molecular complexity index is 786. The molecular weight excluding hydrogens is 326 g/mol. The van der Waals surface area contributed by atoms with Crippen LogP contribution in [-0.2, 0) is 9.53 Å². The molecule has 1 amide bonds. The van der Waals surface area contributed by atoms with Gasteiger partial charge in [0, 0.05) is 10.7 Å². The normalized spacial score (nSPS) is 11.7. The molecule has 1 atom stereocenters. The molecule has 0 aliphatic heterocycles. The Hall–Kier alpha value is -2.33. The summed E-state index contributed by atoms with van der Waals surface area (Å²) in [6, 6.07) is 10.5. The van der Waals surface area contributed by atoms with Crippen molar-refractivity contribution in [1.82, 2.24) is 0 Å². The lowest BCUT2D eigenvalue weighted by molar-refractivity contribution is -0.123. The molecule has 5 heteroatoms. The van der Waals surface area contributed by atoms with E-state index in [0.717, 1.165) is 16.7 Å². The van der Waals surface area contributed by atoms with Crippen molar-refractivity contribution in [3.63, 3.8) is 0 Å². The SMILES string of the molecule is Cc1ccc(C(=O)O[C@H](C)C(=O)Nc2ccc(C)c(Cl)c2)cc1C. The van der Waals surface area contributed by atoms with Crippen LogP contribution in [0.4, 0.5) is 5.69 Å². The van der Waals surface area contributed by atoms with Crippen LogP contribution in [0.5, 0.6) is 0 Å². The molecule has 0 heterocycles. The van der Waals surface area contributed by atoms with Gasteiger partial charge in [0.05, 0.1) is 5.56 Å². The highest BCUT2D eigenvalue weighted by molar-refractivity contribution is 6.31. The molecule has 0 saturated heterocycles. The van der Waals surface area contributed by atoms with E-state index in [-0.39, 0.29) is 0 Å². The average Bonchev–Trinajstić information content (AvgIpc) is 2.53. The summed E-state index contributed by atoms with van der Waals surface area (Å²) >= 11 is 6.03. The molecule has 4 nitrogen and oxygen atoms in total. The standard InChI is InChI=1S/C19H20ClNO3/c1-11-5-7-15(9-13(11)3)19(23)24-14(4)18(22)21-16-8-6-12(2)17(20)10-16/h5-10,14H,1-4H3,(H,21,22)/t14-/m1/s1. The molecule has 0 aromatic heterocycles. The predicted molar refractivity (Wildman–Crippen MR) is 95.6 cm³/mol. The lowest BCUT2D eigenvalue weighted by Crippen LogP contribution is -2.30. The van der Waals surface area contributed by atoms with Crippen molar-refractivity contribution in [3.8, 4) is 0 Å². The number of hydrogen-bond acceptors (Lipinski definition) is 3. The summed E-state index contributed by atoms with van der Waals surface area (Å²) in [5.41, 5.74) is 3.99. The number of ether oxygens (including phenoxy) is 1. The van der Waals surface area contributed by atoms with E-state index in [9.17, 15) is 9.59 Å². The van der Waals surface area contributed by atoms with Gasteiger partial charge in [0.25, 0.3) is 5.91 Å². The van der Waals surface area contributed by atoms with E-state index in [1.807, 2.05) is 32.9 Å². The maximum atomic E-state index is 12.2. The number of aryl methyl sites for hydroxylation is 3. The van der Waals surface area contributed by atoms with Crippen LogP contribution in [0.15, 0.2) is 36.4 Å². The van der Waals surface area contributed by atoms with E-state index in [4.69, 9.17) is 16.3 Å². The Morgan fingerprint density at radius 1 is 1.00 bits per heavy atom. The van der Waals surface area contributed by atoms with Crippen LogP contribution in [0.3, 0.4) is 0 Å². The van der Waals surface area contributed by atoms with Crippen molar-refractivity contribution in [1.29, 1.82) is 0 Å². The van der Waals surface area contributed by atoms with Gasteiger partial charge < -0.3 is 10.1 Å². The Kier molecular flexibility index (Phi) is 5.62. The first-order valence-electron chi connectivity index (χ1n) is 7.63. The summed E-state index contributed by atoms with van der Waals surface area (Å²) in [7, 11) is 0. The van der Waals surface area contributed by atoms with Gasteiger partial charge in [-0.3, -0.25) is 4.79 Å². The average molecular weight is 346 g/mol. The highest BCUT2D eigenvalue weighted by Crippen LogP contribution is 2.20. The fraction of sp³-hybridized carbons (Fsp3) is 0.263. The minimum Gasteiger partial charge on any atom is -0.449 e. The van der Waals surface area contributed by atoms with Crippen molar-refractivity contribution in [2.75, 3.05) is 5.32 Å². The largest absolute Gasteiger partial charge is 0.449 e. The molecule has 0 unspecified atom stereocenters. The highest BCUT2D eigenvalue weighted by atomic mass is 35.5. The van der Waals surface area contributed by atoms with Crippen LogP contribution in [0, 0.1) is 20.8 Å². The number of nitrogens with one attached hydrogen (secondary N) is 1. The fourth-order valence-electron chi connectivity index (χ4n) is 2.07. The number of halogens is 1. The number of benzene rings is 2. The van der Waals surface area contributed by atoms with Crippen LogP contribution < -0.4 is 5.32 Å². The van der Waals surface area contributed by atoms with Crippen LogP contribution in [0.25, 0.3) is 0 Å². The summed E-state index contributed by atoms with van der Waals surface area (Å²) in [4.78, 5) is 24.3. The summed E-state index contributed by atoms with van der Waals surface area (Å²) < 4.78 is 5.24. The zero-order valence-corrected chi connectivity index (χ0v) is 14.9. The maximum Gasteiger partial charge on any atom is 0.338 e. The number of anilines is 1. The first-order valence-corrected chi connectivity index (χ1v) is 8.01. The molecule has 2 aromatic carbocycles. The minimum absolute atomic E-state index is 0.410. The first-order chi connectivity index (χ1) is 11.3. The number of rotatable bonds is 4. The zero-order valence-electron chi connectivity index (χ0n) is 14.1. The Morgan fingerprint density at radius 3 is 2.29 bits per heavy atom. The van der Waals surface area contributed by atoms with Gasteiger partial charge in [-0.1, -0.05) is 23.7 Å². The molecule has 0 bridgehead atoms. The van der Waals surface area contributed by atoms with E-state index in [1.54, 1.807) is 24.3 Å². The lowest BCUT2D eigenvalue weighted by atomic mass is 10.1. The van der Waals surface area contributed by atoms with Crippen molar-refractivity contribution in [2.24, 2.45) is 0 Å². The van der Waals surface area contributed by atoms with Gasteiger partial charge in [-0.25, -0.2) is 4.79 Å². The molecule has 0 spiro atoms. The van der Waals surface area contributed by atoms with E-state index in [2.05, 4.69) is 5.32 Å². The molecule has 126 valence electrons. The molecular formula is C19H20ClNO3. The number of carbonyl (C=O) groups is 2. The second-order valence-electron chi connectivity index (χ2n) is 5.80. The molecule has 2 aromatic rings. The number of carbonyl (C=O) groups excluding carboxylic acids is 2. The number of amides is 1. The Morgan fingerprint density at radius 2 is 1.67 bits per heavy atom. The third-order valence-electron chi connectivity index (χ3n) is 3.84. The van der Waals surface area contributed by atoms with Gasteiger partial charge in [-0.15, -0.1) is 0 Å². The topological polar surface area (TPSA) is 55.4 Å². The molecule has 2 rings (SSSR count).